The smallest absolute Gasteiger partial charge is 0.244 e. The Bertz CT molecular complexity index is 848. The van der Waals surface area contributed by atoms with Crippen LogP contribution >= 0.6 is 15.9 Å². The first-order chi connectivity index (χ1) is 12.8. The number of carbonyl (C=O) groups excluding carboxylic acids is 1. The van der Waals surface area contributed by atoms with Gasteiger partial charge in [-0.1, -0.05) is 23.8 Å². The molecule has 2 rings (SSSR count). The average molecular weight is 433 g/mol. The second-order valence-corrected chi connectivity index (χ2v) is 7.45. The lowest BCUT2D eigenvalue weighted by Gasteiger charge is -2.15. The summed E-state index contributed by atoms with van der Waals surface area (Å²) < 4.78 is 11.9. The summed E-state index contributed by atoms with van der Waals surface area (Å²) in [4.78, 5) is 12.1. The number of benzene rings is 2. The number of hydrogen-bond acceptors (Lipinski definition) is 4. The molecule has 0 radical (unpaired) electrons. The lowest BCUT2D eigenvalue weighted by Crippen LogP contribution is -2.20. The standard InChI is InChI=1S/C21H25BrN2O3/c1-13(2)27-21-18(22)9-16(10-19(21)26-5)12-23-24-20(25)11-17-7-6-14(3)8-15(17)4/h6-10,12-13H,11H2,1-5H3,(H,24,25)/b23-12+. The van der Waals surface area contributed by atoms with Gasteiger partial charge in [0.05, 0.1) is 30.3 Å². The van der Waals surface area contributed by atoms with Gasteiger partial charge >= 0.3 is 0 Å². The van der Waals surface area contributed by atoms with Crippen LogP contribution in [0.3, 0.4) is 0 Å². The van der Waals surface area contributed by atoms with E-state index < -0.39 is 0 Å². The lowest BCUT2D eigenvalue weighted by molar-refractivity contribution is -0.120. The van der Waals surface area contributed by atoms with Crippen molar-refractivity contribution >= 4 is 28.1 Å². The molecule has 0 aromatic heterocycles. The molecule has 6 heteroatoms. The summed E-state index contributed by atoms with van der Waals surface area (Å²) in [6, 6.07) is 9.71. The number of aryl methyl sites for hydroxylation is 2. The zero-order chi connectivity index (χ0) is 20.0. The molecule has 0 aliphatic carbocycles. The quantitative estimate of drug-likeness (QED) is 0.515. The van der Waals surface area contributed by atoms with Gasteiger partial charge in [0, 0.05) is 0 Å². The first-order valence-corrected chi connectivity index (χ1v) is 9.51. The third-order valence-corrected chi connectivity index (χ3v) is 4.45. The molecular formula is C21H25BrN2O3. The molecule has 1 amide bonds. The molecule has 0 fully saturated rings. The molecule has 0 heterocycles. The highest BCUT2D eigenvalue weighted by atomic mass is 79.9. The van der Waals surface area contributed by atoms with E-state index in [1.54, 1.807) is 13.3 Å². The number of hydrogen-bond donors (Lipinski definition) is 1. The van der Waals surface area contributed by atoms with Gasteiger partial charge in [-0.25, -0.2) is 5.43 Å². The van der Waals surface area contributed by atoms with E-state index in [1.807, 2.05) is 52.0 Å². The van der Waals surface area contributed by atoms with Crippen LogP contribution in [0.5, 0.6) is 11.5 Å². The third-order valence-electron chi connectivity index (χ3n) is 3.86. The number of hydrazone groups is 1. The maximum Gasteiger partial charge on any atom is 0.244 e. The lowest BCUT2D eigenvalue weighted by atomic mass is 10.0. The van der Waals surface area contributed by atoms with Crippen molar-refractivity contribution in [2.24, 2.45) is 5.10 Å². The fourth-order valence-corrected chi connectivity index (χ4v) is 3.15. The molecule has 0 saturated heterocycles. The highest BCUT2D eigenvalue weighted by Crippen LogP contribution is 2.36. The molecule has 0 unspecified atom stereocenters. The van der Waals surface area contributed by atoms with Crippen molar-refractivity contribution in [3.63, 3.8) is 0 Å². The molecule has 1 N–H and O–H groups in total. The van der Waals surface area contributed by atoms with Crippen molar-refractivity contribution in [2.75, 3.05) is 7.11 Å². The Morgan fingerprint density at radius 3 is 2.63 bits per heavy atom. The third kappa shape index (κ3) is 6.10. The summed E-state index contributed by atoms with van der Waals surface area (Å²) >= 11 is 3.49. The van der Waals surface area contributed by atoms with Crippen LogP contribution < -0.4 is 14.9 Å². The van der Waals surface area contributed by atoms with E-state index in [9.17, 15) is 4.79 Å². The van der Waals surface area contributed by atoms with E-state index in [0.29, 0.717) is 11.5 Å². The zero-order valence-electron chi connectivity index (χ0n) is 16.3. The molecule has 0 bridgehead atoms. The monoisotopic (exact) mass is 432 g/mol. The van der Waals surface area contributed by atoms with Crippen LogP contribution in [0.2, 0.25) is 0 Å². The van der Waals surface area contributed by atoms with Crippen molar-refractivity contribution in [3.05, 3.63) is 57.1 Å². The fourth-order valence-electron chi connectivity index (χ4n) is 2.60. The van der Waals surface area contributed by atoms with Crippen molar-refractivity contribution in [3.8, 4) is 11.5 Å². The molecule has 0 saturated carbocycles. The van der Waals surface area contributed by atoms with Crippen LogP contribution in [-0.4, -0.2) is 25.3 Å². The van der Waals surface area contributed by atoms with Gasteiger partial charge in [-0.05, 0) is 72.4 Å². The summed E-state index contributed by atoms with van der Waals surface area (Å²) in [6.07, 6.45) is 1.89. The van der Waals surface area contributed by atoms with Crippen molar-refractivity contribution in [2.45, 2.75) is 40.2 Å². The summed E-state index contributed by atoms with van der Waals surface area (Å²) in [5.41, 5.74) is 6.62. The predicted molar refractivity (Wildman–Crippen MR) is 112 cm³/mol. The molecule has 2 aromatic rings. The Morgan fingerprint density at radius 2 is 2.00 bits per heavy atom. The maximum absolute atomic E-state index is 12.1. The minimum atomic E-state index is -0.163. The number of nitrogens with one attached hydrogen (secondary N) is 1. The topological polar surface area (TPSA) is 59.9 Å². The van der Waals surface area contributed by atoms with Gasteiger partial charge < -0.3 is 9.47 Å². The van der Waals surface area contributed by atoms with Crippen molar-refractivity contribution < 1.29 is 14.3 Å². The fraction of sp³-hybridized carbons (Fsp3) is 0.333. The molecule has 0 spiro atoms. The molecule has 27 heavy (non-hydrogen) atoms. The molecule has 0 aliphatic rings. The van der Waals surface area contributed by atoms with Crippen LogP contribution in [0.1, 0.15) is 36.1 Å². The number of nitrogens with zero attached hydrogens (tertiary/aromatic N) is 1. The summed E-state index contributed by atoms with van der Waals surface area (Å²) in [5, 5.41) is 4.05. The summed E-state index contributed by atoms with van der Waals surface area (Å²) in [7, 11) is 1.58. The molecule has 2 aromatic carbocycles. The van der Waals surface area contributed by atoms with Crippen LogP contribution in [0, 0.1) is 13.8 Å². The average Bonchev–Trinajstić information content (AvgIpc) is 2.59. The Labute approximate surface area is 168 Å². The van der Waals surface area contributed by atoms with E-state index in [-0.39, 0.29) is 18.4 Å². The first-order valence-electron chi connectivity index (χ1n) is 8.72. The SMILES string of the molecule is COc1cc(/C=N/NC(=O)Cc2ccc(C)cc2C)cc(Br)c1OC(C)C. The molecule has 0 atom stereocenters. The maximum atomic E-state index is 12.1. The normalized spacial score (nSPS) is 11.1. The molecule has 144 valence electrons. The second-order valence-electron chi connectivity index (χ2n) is 6.60. The van der Waals surface area contributed by atoms with Crippen LogP contribution in [0.4, 0.5) is 0 Å². The minimum Gasteiger partial charge on any atom is -0.493 e. The number of methoxy groups -OCH3 is 1. The number of amides is 1. The van der Waals surface area contributed by atoms with E-state index in [2.05, 4.69) is 32.5 Å². The Hall–Kier alpha value is -2.34. The van der Waals surface area contributed by atoms with Gasteiger partial charge in [0.2, 0.25) is 5.91 Å². The van der Waals surface area contributed by atoms with Crippen LogP contribution in [0.25, 0.3) is 0 Å². The van der Waals surface area contributed by atoms with E-state index in [0.717, 1.165) is 21.2 Å². The van der Waals surface area contributed by atoms with E-state index in [1.165, 1.54) is 5.56 Å². The molecule has 5 nitrogen and oxygen atoms in total. The van der Waals surface area contributed by atoms with Gasteiger partial charge in [0.25, 0.3) is 0 Å². The van der Waals surface area contributed by atoms with Crippen LogP contribution in [0.15, 0.2) is 39.9 Å². The van der Waals surface area contributed by atoms with Gasteiger partial charge in [-0.15, -0.1) is 0 Å². The Morgan fingerprint density at radius 1 is 1.26 bits per heavy atom. The predicted octanol–water partition coefficient (Wildman–Crippen LogP) is 4.55. The van der Waals surface area contributed by atoms with E-state index in [4.69, 9.17) is 9.47 Å². The second kappa shape index (κ2) is 9.55. The number of rotatable bonds is 7. The Kier molecular flexibility index (Phi) is 7.42. The van der Waals surface area contributed by atoms with Crippen molar-refractivity contribution in [1.29, 1.82) is 0 Å². The Balaban J connectivity index is 2.05. The summed E-state index contributed by atoms with van der Waals surface area (Å²) in [5.74, 6) is 1.08. The zero-order valence-corrected chi connectivity index (χ0v) is 17.9. The van der Waals surface area contributed by atoms with Gasteiger partial charge in [-0.3, -0.25) is 4.79 Å². The number of halogens is 1. The number of carbonyl (C=O) groups is 1. The van der Waals surface area contributed by atoms with Crippen LogP contribution in [-0.2, 0) is 11.2 Å². The van der Waals surface area contributed by atoms with Gasteiger partial charge in [0.15, 0.2) is 11.5 Å². The van der Waals surface area contributed by atoms with Gasteiger partial charge in [-0.2, -0.15) is 5.10 Å². The van der Waals surface area contributed by atoms with E-state index >= 15 is 0 Å². The minimum absolute atomic E-state index is 0.0271. The highest BCUT2D eigenvalue weighted by molar-refractivity contribution is 9.10. The first kappa shape index (κ1) is 21.0. The van der Waals surface area contributed by atoms with Gasteiger partial charge in [0.1, 0.15) is 0 Å². The molecule has 0 aliphatic heterocycles. The molecular weight excluding hydrogens is 408 g/mol. The summed E-state index contributed by atoms with van der Waals surface area (Å²) in [6.45, 7) is 7.94. The van der Waals surface area contributed by atoms with Crippen molar-refractivity contribution in [1.82, 2.24) is 5.43 Å². The highest BCUT2D eigenvalue weighted by Gasteiger charge is 2.12. The number of ether oxygens (including phenoxy) is 2. The largest absolute Gasteiger partial charge is 0.493 e.